The molecule has 0 atom stereocenters. The number of ketones is 1. The normalized spacial score (nSPS) is 14.6. The summed E-state index contributed by atoms with van der Waals surface area (Å²) in [4.78, 5) is 27.6. The van der Waals surface area contributed by atoms with Gasteiger partial charge in [0, 0.05) is 49.1 Å². The molecule has 0 bridgehead atoms. The highest BCUT2D eigenvalue weighted by atomic mass is 35.5. The van der Waals surface area contributed by atoms with Gasteiger partial charge >= 0.3 is 0 Å². The van der Waals surface area contributed by atoms with Gasteiger partial charge in [0.2, 0.25) is 5.91 Å². The SMILES string of the molecule is CC(=O)c1ccc(N2CCN(C(=O)/C=C/c3c(F)cccc3Cl)CC2)cc1. The van der Waals surface area contributed by atoms with Gasteiger partial charge in [-0.3, -0.25) is 9.59 Å². The molecule has 1 amide bonds. The molecular formula is C21H20ClFN2O2. The van der Waals surface area contributed by atoms with Gasteiger partial charge in [-0.15, -0.1) is 0 Å². The van der Waals surface area contributed by atoms with Crippen LogP contribution in [0.4, 0.5) is 10.1 Å². The Bertz CT molecular complexity index is 852. The smallest absolute Gasteiger partial charge is 0.246 e. The van der Waals surface area contributed by atoms with Crippen LogP contribution in [0, 0.1) is 5.82 Å². The molecule has 4 nitrogen and oxygen atoms in total. The summed E-state index contributed by atoms with van der Waals surface area (Å²) in [5.74, 6) is -0.579. The fourth-order valence-corrected chi connectivity index (χ4v) is 3.25. The van der Waals surface area contributed by atoms with Gasteiger partial charge in [0.15, 0.2) is 5.78 Å². The van der Waals surface area contributed by atoms with E-state index in [1.807, 2.05) is 24.3 Å². The minimum atomic E-state index is -0.453. The zero-order valence-corrected chi connectivity index (χ0v) is 15.7. The Balaban J connectivity index is 1.59. The lowest BCUT2D eigenvalue weighted by Crippen LogP contribution is -2.48. The van der Waals surface area contributed by atoms with E-state index in [0.29, 0.717) is 31.7 Å². The van der Waals surface area contributed by atoms with Crippen LogP contribution in [0.25, 0.3) is 6.08 Å². The van der Waals surface area contributed by atoms with E-state index >= 15 is 0 Å². The molecule has 0 unspecified atom stereocenters. The van der Waals surface area contributed by atoms with E-state index in [4.69, 9.17) is 11.6 Å². The lowest BCUT2D eigenvalue weighted by molar-refractivity contribution is -0.126. The minimum absolute atomic E-state index is 0.0405. The van der Waals surface area contributed by atoms with Crippen molar-refractivity contribution in [1.29, 1.82) is 0 Å². The summed E-state index contributed by atoms with van der Waals surface area (Å²) < 4.78 is 13.8. The molecular weight excluding hydrogens is 367 g/mol. The number of amides is 1. The Morgan fingerprint density at radius 2 is 1.70 bits per heavy atom. The molecule has 1 aliphatic heterocycles. The van der Waals surface area contributed by atoms with Crippen LogP contribution in [-0.2, 0) is 4.79 Å². The van der Waals surface area contributed by atoms with E-state index in [1.165, 1.54) is 24.3 Å². The van der Waals surface area contributed by atoms with Crippen molar-refractivity contribution in [2.24, 2.45) is 0 Å². The van der Waals surface area contributed by atoms with Crippen molar-refractivity contribution in [3.63, 3.8) is 0 Å². The lowest BCUT2D eigenvalue weighted by atomic mass is 10.1. The molecule has 2 aromatic carbocycles. The molecule has 0 saturated carbocycles. The average molecular weight is 387 g/mol. The van der Waals surface area contributed by atoms with Crippen LogP contribution in [0.2, 0.25) is 5.02 Å². The molecule has 3 rings (SSSR count). The first-order valence-corrected chi connectivity index (χ1v) is 9.10. The van der Waals surface area contributed by atoms with Crippen LogP contribution >= 0.6 is 11.6 Å². The molecule has 2 aromatic rings. The Kier molecular flexibility index (Phi) is 5.91. The van der Waals surface area contributed by atoms with Crippen molar-refractivity contribution in [3.05, 3.63) is 70.5 Å². The molecule has 0 spiro atoms. The van der Waals surface area contributed by atoms with Crippen molar-refractivity contribution < 1.29 is 14.0 Å². The van der Waals surface area contributed by atoms with E-state index in [-0.39, 0.29) is 22.3 Å². The summed E-state index contributed by atoms with van der Waals surface area (Å²) in [5.41, 5.74) is 1.93. The number of carbonyl (C=O) groups excluding carboxylic acids is 2. The first-order chi connectivity index (χ1) is 13.0. The van der Waals surface area contributed by atoms with E-state index in [1.54, 1.807) is 17.9 Å². The van der Waals surface area contributed by atoms with Gasteiger partial charge in [-0.25, -0.2) is 4.39 Å². The van der Waals surface area contributed by atoms with Gasteiger partial charge < -0.3 is 9.80 Å². The lowest BCUT2D eigenvalue weighted by Gasteiger charge is -2.35. The van der Waals surface area contributed by atoms with E-state index in [0.717, 1.165) is 5.69 Å². The Hall–Kier alpha value is -2.66. The first kappa shape index (κ1) is 19.1. The molecule has 0 N–H and O–H groups in total. The predicted octanol–water partition coefficient (Wildman–Crippen LogP) is 4.04. The van der Waals surface area contributed by atoms with Crippen molar-refractivity contribution in [2.45, 2.75) is 6.92 Å². The molecule has 6 heteroatoms. The van der Waals surface area contributed by atoms with Crippen LogP contribution in [0.3, 0.4) is 0 Å². The van der Waals surface area contributed by atoms with Crippen molar-refractivity contribution in [2.75, 3.05) is 31.1 Å². The monoisotopic (exact) mass is 386 g/mol. The van der Waals surface area contributed by atoms with Crippen LogP contribution in [0.5, 0.6) is 0 Å². The van der Waals surface area contributed by atoms with Gasteiger partial charge in [-0.1, -0.05) is 17.7 Å². The predicted molar refractivity (Wildman–Crippen MR) is 106 cm³/mol. The van der Waals surface area contributed by atoms with Gasteiger partial charge in [0.05, 0.1) is 5.02 Å². The average Bonchev–Trinajstić information content (AvgIpc) is 2.67. The molecule has 1 aliphatic rings. The molecule has 0 aliphatic carbocycles. The molecule has 1 heterocycles. The fourth-order valence-electron chi connectivity index (χ4n) is 3.02. The summed E-state index contributed by atoms with van der Waals surface area (Å²) in [6, 6.07) is 11.9. The van der Waals surface area contributed by atoms with Crippen molar-refractivity contribution >= 4 is 35.1 Å². The standard InChI is InChI=1S/C21H20ClFN2O2/c1-15(26)16-5-7-17(8-6-16)24-11-13-25(14-12-24)21(27)10-9-18-19(22)3-2-4-20(18)23/h2-10H,11-14H2,1H3/b10-9+. The molecule has 0 aromatic heterocycles. The second kappa shape index (κ2) is 8.35. The highest BCUT2D eigenvalue weighted by Gasteiger charge is 2.20. The number of carbonyl (C=O) groups is 2. The maximum Gasteiger partial charge on any atom is 0.246 e. The third kappa shape index (κ3) is 4.55. The van der Waals surface area contributed by atoms with Gasteiger partial charge in [-0.2, -0.15) is 0 Å². The first-order valence-electron chi connectivity index (χ1n) is 8.72. The zero-order valence-electron chi connectivity index (χ0n) is 15.0. The summed E-state index contributed by atoms with van der Waals surface area (Å²) in [5, 5.41) is 0.276. The van der Waals surface area contributed by atoms with Crippen LogP contribution in [0.15, 0.2) is 48.5 Å². The number of nitrogens with zero attached hydrogens (tertiary/aromatic N) is 2. The Morgan fingerprint density at radius 1 is 1.04 bits per heavy atom. The molecule has 0 radical (unpaired) electrons. The van der Waals surface area contributed by atoms with Gasteiger partial charge in [0.1, 0.15) is 5.82 Å². The molecule has 27 heavy (non-hydrogen) atoms. The highest BCUT2D eigenvalue weighted by Crippen LogP contribution is 2.21. The number of hydrogen-bond donors (Lipinski definition) is 0. The third-order valence-corrected chi connectivity index (χ3v) is 4.95. The molecule has 1 saturated heterocycles. The highest BCUT2D eigenvalue weighted by molar-refractivity contribution is 6.32. The number of Topliss-reactive ketones (excluding diaryl/α,β-unsaturated/α-hetero) is 1. The second-order valence-corrected chi connectivity index (χ2v) is 6.79. The Labute approximate surface area is 162 Å². The number of hydrogen-bond acceptors (Lipinski definition) is 3. The maximum atomic E-state index is 13.8. The summed E-state index contributed by atoms with van der Waals surface area (Å²) >= 11 is 5.97. The largest absolute Gasteiger partial charge is 0.368 e. The van der Waals surface area contributed by atoms with Gasteiger partial charge in [-0.05, 0) is 49.4 Å². The van der Waals surface area contributed by atoms with Crippen LogP contribution in [-0.4, -0.2) is 42.8 Å². The third-order valence-electron chi connectivity index (χ3n) is 4.62. The number of anilines is 1. The quantitative estimate of drug-likeness (QED) is 0.588. The summed E-state index contributed by atoms with van der Waals surface area (Å²) in [6.45, 7) is 4.07. The van der Waals surface area contributed by atoms with E-state index in [2.05, 4.69) is 4.90 Å². The fraction of sp³-hybridized carbons (Fsp3) is 0.238. The number of rotatable bonds is 4. The van der Waals surface area contributed by atoms with Crippen LogP contribution < -0.4 is 4.90 Å². The van der Waals surface area contributed by atoms with Crippen molar-refractivity contribution in [3.8, 4) is 0 Å². The van der Waals surface area contributed by atoms with E-state index < -0.39 is 5.82 Å². The summed E-state index contributed by atoms with van der Waals surface area (Å²) in [6.07, 6.45) is 2.79. The van der Waals surface area contributed by atoms with Gasteiger partial charge in [0.25, 0.3) is 0 Å². The number of benzene rings is 2. The van der Waals surface area contributed by atoms with E-state index in [9.17, 15) is 14.0 Å². The molecule has 140 valence electrons. The summed E-state index contributed by atoms with van der Waals surface area (Å²) in [7, 11) is 0. The zero-order chi connectivity index (χ0) is 19.4. The minimum Gasteiger partial charge on any atom is -0.368 e. The molecule has 1 fully saturated rings. The number of piperazine rings is 1. The second-order valence-electron chi connectivity index (χ2n) is 6.38. The number of halogens is 2. The topological polar surface area (TPSA) is 40.6 Å². The Morgan fingerprint density at radius 3 is 2.30 bits per heavy atom. The van der Waals surface area contributed by atoms with Crippen molar-refractivity contribution in [1.82, 2.24) is 4.90 Å². The maximum absolute atomic E-state index is 13.8. The van der Waals surface area contributed by atoms with Crippen LogP contribution in [0.1, 0.15) is 22.8 Å².